The number of hydrogen-bond donors (Lipinski definition) is 3. The molecular weight excluding hydrogens is 271 g/mol. The first-order valence-corrected chi connectivity index (χ1v) is 7.21. The van der Waals surface area contributed by atoms with Crippen LogP contribution in [0.15, 0.2) is 11.0 Å². The van der Waals surface area contributed by atoms with Crippen LogP contribution < -0.4 is 10.5 Å². The number of halogens is 1. The lowest BCUT2D eigenvalue weighted by Gasteiger charge is -2.19. The van der Waals surface area contributed by atoms with Gasteiger partial charge in [0, 0.05) is 6.54 Å². The second kappa shape index (κ2) is 5.07. The van der Waals surface area contributed by atoms with Crippen molar-refractivity contribution in [2.75, 3.05) is 12.3 Å². The minimum atomic E-state index is -3.85. The Kier molecular flexibility index (Phi) is 4.23. The molecule has 0 fully saturated rings. The van der Waals surface area contributed by atoms with Gasteiger partial charge in [-0.25, -0.2) is 17.5 Å². The van der Waals surface area contributed by atoms with Crippen molar-refractivity contribution in [2.24, 2.45) is 0 Å². The van der Waals surface area contributed by atoms with Gasteiger partial charge in [-0.1, -0.05) is 0 Å². The van der Waals surface area contributed by atoms with E-state index in [2.05, 4.69) is 4.72 Å². The molecule has 1 rings (SSSR count). The molecule has 0 radical (unpaired) electrons. The van der Waals surface area contributed by atoms with Gasteiger partial charge in [0.25, 0.3) is 0 Å². The Bertz CT molecular complexity index is 592. The summed E-state index contributed by atoms with van der Waals surface area (Å²) in [6, 6.07) is 1.08. The van der Waals surface area contributed by atoms with E-state index >= 15 is 0 Å². The zero-order valence-corrected chi connectivity index (χ0v) is 12.2. The van der Waals surface area contributed by atoms with Crippen LogP contribution in [0.5, 0.6) is 0 Å². The first-order chi connectivity index (χ1) is 8.46. The minimum Gasteiger partial charge on any atom is -0.396 e. The van der Waals surface area contributed by atoms with Crippen molar-refractivity contribution in [3.63, 3.8) is 0 Å². The van der Waals surface area contributed by atoms with Gasteiger partial charge in [0.2, 0.25) is 10.0 Å². The van der Waals surface area contributed by atoms with E-state index in [0.29, 0.717) is 0 Å². The third-order valence-electron chi connectivity index (χ3n) is 2.67. The molecule has 7 heteroatoms. The number of sulfonamides is 1. The second-order valence-corrected chi connectivity index (χ2v) is 6.88. The van der Waals surface area contributed by atoms with Crippen LogP contribution in [0.4, 0.5) is 10.1 Å². The first kappa shape index (κ1) is 15.9. The van der Waals surface area contributed by atoms with Crippen LogP contribution in [0.1, 0.15) is 25.0 Å². The van der Waals surface area contributed by atoms with Gasteiger partial charge in [0.15, 0.2) is 0 Å². The summed E-state index contributed by atoms with van der Waals surface area (Å²) in [5.41, 5.74) is 4.59. The molecule has 0 aliphatic rings. The van der Waals surface area contributed by atoms with Crippen LogP contribution in [0.2, 0.25) is 0 Å². The Morgan fingerprint density at radius 2 is 1.95 bits per heavy atom. The second-order valence-electron chi connectivity index (χ2n) is 5.18. The SMILES string of the molecule is Cc1cc(F)c(N)c(C)c1S(=O)(=O)NCC(C)(C)O. The monoisotopic (exact) mass is 290 g/mol. The van der Waals surface area contributed by atoms with Crippen LogP contribution in [0, 0.1) is 19.7 Å². The lowest BCUT2D eigenvalue weighted by Crippen LogP contribution is -2.38. The average Bonchev–Trinajstić information content (AvgIpc) is 2.22. The predicted molar refractivity (Wildman–Crippen MR) is 71.8 cm³/mol. The molecule has 0 atom stereocenters. The molecule has 1 aromatic carbocycles. The largest absolute Gasteiger partial charge is 0.396 e. The molecule has 0 saturated carbocycles. The Labute approximate surface area is 112 Å². The van der Waals surface area contributed by atoms with Crippen LogP contribution in [0.3, 0.4) is 0 Å². The van der Waals surface area contributed by atoms with E-state index in [1.54, 1.807) is 0 Å². The number of nitrogens with two attached hydrogens (primary N) is 1. The minimum absolute atomic E-state index is 0.0457. The summed E-state index contributed by atoms with van der Waals surface area (Å²) >= 11 is 0. The van der Waals surface area contributed by atoms with Gasteiger partial charge in [0.1, 0.15) is 5.82 Å². The average molecular weight is 290 g/mol. The van der Waals surface area contributed by atoms with Crippen molar-refractivity contribution in [3.8, 4) is 0 Å². The molecule has 0 aliphatic heterocycles. The number of nitrogen functional groups attached to an aromatic ring is 1. The smallest absolute Gasteiger partial charge is 0.241 e. The molecule has 0 heterocycles. The number of benzene rings is 1. The molecule has 19 heavy (non-hydrogen) atoms. The summed E-state index contributed by atoms with van der Waals surface area (Å²) in [6.07, 6.45) is 0. The highest BCUT2D eigenvalue weighted by atomic mass is 32.2. The lowest BCUT2D eigenvalue weighted by molar-refractivity contribution is 0.0857. The van der Waals surface area contributed by atoms with E-state index in [0.717, 1.165) is 6.07 Å². The Hall–Kier alpha value is -1.18. The summed E-state index contributed by atoms with van der Waals surface area (Å²) < 4.78 is 40.1. The van der Waals surface area contributed by atoms with Crippen molar-refractivity contribution in [1.29, 1.82) is 0 Å². The number of anilines is 1. The predicted octanol–water partition coefficient (Wildman–Crippen LogP) is 1.07. The highest BCUT2D eigenvalue weighted by molar-refractivity contribution is 7.89. The van der Waals surface area contributed by atoms with E-state index in [9.17, 15) is 17.9 Å². The van der Waals surface area contributed by atoms with Crippen molar-refractivity contribution in [2.45, 2.75) is 38.2 Å². The van der Waals surface area contributed by atoms with Gasteiger partial charge in [-0.3, -0.25) is 0 Å². The van der Waals surface area contributed by atoms with Crippen molar-refractivity contribution in [1.82, 2.24) is 4.72 Å². The maximum atomic E-state index is 13.4. The van der Waals surface area contributed by atoms with Crippen molar-refractivity contribution < 1.29 is 17.9 Å². The fourth-order valence-corrected chi connectivity index (χ4v) is 3.37. The first-order valence-electron chi connectivity index (χ1n) is 5.73. The lowest BCUT2D eigenvalue weighted by atomic mass is 10.1. The third kappa shape index (κ3) is 3.65. The Morgan fingerprint density at radius 3 is 2.42 bits per heavy atom. The molecule has 108 valence electrons. The molecule has 0 aromatic heterocycles. The molecule has 4 N–H and O–H groups in total. The standard InChI is InChI=1S/C12H19FN2O3S/c1-7-5-9(13)10(14)8(2)11(7)19(17,18)15-6-12(3,4)16/h5,15-16H,6,14H2,1-4H3. The Balaban J connectivity index is 3.27. The van der Waals surface area contributed by atoms with Gasteiger partial charge in [0.05, 0.1) is 16.2 Å². The van der Waals surface area contributed by atoms with Gasteiger partial charge >= 0.3 is 0 Å². The van der Waals surface area contributed by atoms with E-state index in [-0.39, 0.29) is 28.3 Å². The van der Waals surface area contributed by atoms with Crippen LogP contribution in [-0.2, 0) is 10.0 Å². The van der Waals surface area contributed by atoms with E-state index < -0.39 is 21.4 Å². The van der Waals surface area contributed by atoms with Crippen molar-refractivity contribution >= 4 is 15.7 Å². The van der Waals surface area contributed by atoms with E-state index in [1.807, 2.05) is 0 Å². The maximum Gasteiger partial charge on any atom is 0.241 e. The molecule has 0 bridgehead atoms. The van der Waals surface area contributed by atoms with Gasteiger partial charge in [-0.05, 0) is 44.9 Å². The molecule has 1 aromatic rings. The van der Waals surface area contributed by atoms with E-state index in [1.165, 1.54) is 27.7 Å². The summed E-state index contributed by atoms with van der Waals surface area (Å²) in [4.78, 5) is -0.0457. The number of aryl methyl sites for hydroxylation is 1. The number of hydrogen-bond acceptors (Lipinski definition) is 4. The highest BCUT2D eigenvalue weighted by Crippen LogP contribution is 2.27. The molecule has 0 saturated heterocycles. The summed E-state index contributed by atoms with van der Waals surface area (Å²) in [5.74, 6) is -0.642. The number of rotatable bonds is 4. The Morgan fingerprint density at radius 1 is 1.42 bits per heavy atom. The molecular formula is C12H19FN2O3S. The van der Waals surface area contributed by atoms with Gasteiger partial charge in [-0.2, -0.15) is 0 Å². The zero-order chi connectivity index (χ0) is 15.0. The van der Waals surface area contributed by atoms with Crippen molar-refractivity contribution in [3.05, 3.63) is 23.0 Å². The van der Waals surface area contributed by atoms with Gasteiger partial charge in [-0.15, -0.1) is 0 Å². The fraction of sp³-hybridized carbons (Fsp3) is 0.500. The quantitative estimate of drug-likeness (QED) is 0.723. The molecule has 0 aliphatic carbocycles. The summed E-state index contributed by atoms with van der Waals surface area (Å²) in [5, 5.41) is 9.55. The van der Waals surface area contributed by atoms with E-state index in [4.69, 9.17) is 5.73 Å². The number of aliphatic hydroxyl groups is 1. The molecule has 0 unspecified atom stereocenters. The molecule has 0 amide bonds. The zero-order valence-electron chi connectivity index (χ0n) is 11.4. The normalized spacial score (nSPS) is 12.7. The highest BCUT2D eigenvalue weighted by Gasteiger charge is 2.25. The fourth-order valence-electron chi connectivity index (χ4n) is 1.69. The topological polar surface area (TPSA) is 92.4 Å². The van der Waals surface area contributed by atoms with Gasteiger partial charge < -0.3 is 10.8 Å². The van der Waals surface area contributed by atoms with Crippen LogP contribution in [-0.4, -0.2) is 25.7 Å². The number of nitrogens with one attached hydrogen (secondary N) is 1. The maximum absolute atomic E-state index is 13.4. The van der Waals surface area contributed by atoms with Crippen LogP contribution in [0.25, 0.3) is 0 Å². The third-order valence-corrected chi connectivity index (χ3v) is 4.36. The molecule has 0 spiro atoms. The molecule has 5 nitrogen and oxygen atoms in total. The van der Waals surface area contributed by atoms with Crippen LogP contribution >= 0.6 is 0 Å². The summed E-state index contributed by atoms with van der Waals surface area (Å²) in [6.45, 7) is 5.76. The summed E-state index contributed by atoms with van der Waals surface area (Å²) in [7, 11) is -3.85.